The van der Waals surface area contributed by atoms with E-state index in [4.69, 9.17) is 33.3 Å². The van der Waals surface area contributed by atoms with Gasteiger partial charge in [-0.2, -0.15) is 0 Å². The topological polar surface area (TPSA) is 334 Å². The van der Waals surface area contributed by atoms with Gasteiger partial charge in [0.1, 0.15) is 19.5 Å². The highest BCUT2D eigenvalue weighted by Crippen LogP contribution is 2.68. The highest BCUT2D eigenvalue weighted by atomic mass is 16.7. The normalized spacial score (nSPS) is 27.2. The van der Waals surface area contributed by atoms with Gasteiger partial charge in [0.05, 0.1) is 70.5 Å². The van der Waals surface area contributed by atoms with Crippen molar-refractivity contribution in [2.45, 2.75) is 148 Å². The molecule has 0 aliphatic heterocycles. The van der Waals surface area contributed by atoms with E-state index < -0.39 is 41.9 Å². The molecule has 4 aliphatic carbocycles. The van der Waals surface area contributed by atoms with Crippen molar-refractivity contribution in [3.05, 3.63) is 0 Å². The fourth-order valence-corrected chi connectivity index (χ4v) is 12.5. The molecule has 4 rings (SSSR count). The average molecular weight is 1100 g/mol. The molecule has 0 heterocycles. The molecule has 0 saturated heterocycles. The van der Waals surface area contributed by atoms with Crippen LogP contribution in [0, 0.1) is 46.3 Å². The van der Waals surface area contributed by atoms with E-state index in [1.54, 1.807) is 0 Å². The lowest BCUT2D eigenvalue weighted by Crippen LogP contribution is -2.62. The number of aliphatic carboxylic acids is 1. The van der Waals surface area contributed by atoms with Crippen LogP contribution in [0.1, 0.15) is 117 Å². The van der Waals surface area contributed by atoms with Gasteiger partial charge >= 0.3 is 5.97 Å². The molecule has 0 aromatic carbocycles. The van der Waals surface area contributed by atoms with Crippen LogP contribution in [0.25, 0.3) is 0 Å². The number of amides is 6. The first kappa shape index (κ1) is 65.1. The summed E-state index contributed by atoms with van der Waals surface area (Å²) in [7, 11) is 3.05. The van der Waals surface area contributed by atoms with Gasteiger partial charge in [0.25, 0.3) is 0 Å². The van der Waals surface area contributed by atoms with Gasteiger partial charge in [0, 0.05) is 66.0 Å². The minimum Gasteiger partial charge on any atom is -0.481 e. The first-order valence-corrected chi connectivity index (χ1v) is 27.6. The van der Waals surface area contributed by atoms with Crippen LogP contribution in [0.5, 0.6) is 0 Å². The van der Waals surface area contributed by atoms with E-state index in [9.17, 15) is 53.7 Å². The number of aliphatic hydroxyl groups excluding tert-OH is 2. The summed E-state index contributed by atoms with van der Waals surface area (Å²) in [6.07, 6.45) is 6.01. The van der Waals surface area contributed by atoms with Crippen molar-refractivity contribution in [1.82, 2.24) is 32.1 Å². The van der Waals surface area contributed by atoms with Gasteiger partial charge in [0.2, 0.25) is 35.4 Å². The third-order valence-corrected chi connectivity index (χ3v) is 16.7. The van der Waals surface area contributed by atoms with Crippen LogP contribution in [0.2, 0.25) is 0 Å². The number of hydroxylamine groups is 1. The predicted octanol–water partition coefficient (Wildman–Crippen LogP) is 0.679. The molecule has 440 valence electrons. The molecule has 12 atom stereocenters. The van der Waals surface area contributed by atoms with Gasteiger partial charge < -0.3 is 75.1 Å². The minimum atomic E-state index is -0.915. The third kappa shape index (κ3) is 21.0. The van der Waals surface area contributed by atoms with E-state index in [1.807, 2.05) is 0 Å². The van der Waals surface area contributed by atoms with E-state index in [0.29, 0.717) is 51.4 Å². The summed E-state index contributed by atoms with van der Waals surface area (Å²) in [6, 6.07) is -0.915. The van der Waals surface area contributed by atoms with E-state index in [2.05, 4.69) is 52.8 Å². The molecule has 0 aromatic heterocycles. The number of carboxylic acids is 1. The second-order valence-electron chi connectivity index (χ2n) is 21.6. The van der Waals surface area contributed by atoms with E-state index in [-0.39, 0.29) is 181 Å². The number of aliphatic hydroxyl groups is 2. The standard InChI is InChI=1S/C53H90N6O18/c1-34(8-15-49(69)70)38-10-11-39-51-40(29-42(62)53(38,39)3)52(2)17-16-37(27-35(52)28-41(51)61)77-59-45(65)14-13-43(63)55-19-21-73-23-25-75-32-47(67)56-20-22-74-24-26-76-33-48(68)58-36(31-60)9-12-44(64)57-30-46(66)54-18-6-7-50(71-4)72-5/h31,34-42,50-51,61-62H,6-30,32-33H2,1-5H3,(H,54,66)(H,55,63)(H,56,67)(H,57,64)(H,58,68)(H,59,65)(H,69,70)/t34-,35+,36+,37+,38-,39?,40+,41-,42+,51+,52+,53-/m1/s1. The number of ether oxygens (including phenoxy) is 6. The molecule has 1 unspecified atom stereocenters. The summed E-state index contributed by atoms with van der Waals surface area (Å²) >= 11 is 0. The number of rotatable bonds is 38. The van der Waals surface area contributed by atoms with E-state index >= 15 is 0 Å². The van der Waals surface area contributed by atoms with Gasteiger partial charge in [-0.3, -0.25) is 38.4 Å². The summed E-state index contributed by atoms with van der Waals surface area (Å²) in [5.41, 5.74) is 2.08. The molecular formula is C53H90N6O18. The van der Waals surface area contributed by atoms with Crippen molar-refractivity contribution in [2.24, 2.45) is 46.3 Å². The van der Waals surface area contributed by atoms with Gasteiger partial charge in [-0.25, -0.2) is 5.48 Å². The quantitative estimate of drug-likeness (QED) is 0.0178. The maximum absolute atomic E-state index is 12.7. The Hall–Kier alpha value is -4.40. The lowest BCUT2D eigenvalue weighted by Gasteiger charge is -2.63. The number of carbonyl (C=O) groups excluding carboxylic acids is 7. The number of hydrogen-bond donors (Lipinski definition) is 9. The molecule has 0 bridgehead atoms. The predicted molar refractivity (Wildman–Crippen MR) is 276 cm³/mol. The second-order valence-corrected chi connectivity index (χ2v) is 21.6. The number of methoxy groups -OCH3 is 2. The number of carbonyl (C=O) groups is 8. The fourth-order valence-electron chi connectivity index (χ4n) is 12.5. The number of hydrogen-bond acceptors (Lipinski definition) is 17. The largest absolute Gasteiger partial charge is 0.481 e. The first-order valence-electron chi connectivity index (χ1n) is 27.6. The van der Waals surface area contributed by atoms with Crippen LogP contribution in [0.15, 0.2) is 0 Å². The molecule has 24 heteroatoms. The molecule has 4 fully saturated rings. The summed E-state index contributed by atoms with van der Waals surface area (Å²) in [4.78, 5) is 102. The van der Waals surface area contributed by atoms with E-state index in [1.165, 1.54) is 14.2 Å². The van der Waals surface area contributed by atoms with Crippen molar-refractivity contribution in [2.75, 3.05) is 93.3 Å². The number of carboxylic acid groups (broad SMARTS) is 1. The zero-order chi connectivity index (χ0) is 56.4. The first-order chi connectivity index (χ1) is 36.8. The van der Waals surface area contributed by atoms with Gasteiger partial charge in [-0.05, 0) is 111 Å². The van der Waals surface area contributed by atoms with Gasteiger partial charge in [-0.1, -0.05) is 20.8 Å². The van der Waals surface area contributed by atoms with Crippen molar-refractivity contribution in [1.29, 1.82) is 0 Å². The van der Waals surface area contributed by atoms with Crippen LogP contribution in [-0.2, 0) is 71.6 Å². The zero-order valence-electron chi connectivity index (χ0n) is 46.0. The molecular weight excluding hydrogens is 1010 g/mol. The highest BCUT2D eigenvalue weighted by molar-refractivity contribution is 5.85. The van der Waals surface area contributed by atoms with Crippen molar-refractivity contribution < 1.29 is 86.9 Å². The summed E-state index contributed by atoms with van der Waals surface area (Å²) in [5.74, 6) is -2.32. The van der Waals surface area contributed by atoms with Crippen molar-refractivity contribution in [3.8, 4) is 0 Å². The maximum atomic E-state index is 12.7. The smallest absolute Gasteiger partial charge is 0.303 e. The summed E-state index contributed by atoms with van der Waals surface area (Å²) in [5, 5.41) is 45.8. The summed E-state index contributed by atoms with van der Waals surface area (Å²) in [6.45, 7) is 7.57. The van der Waals surface area contributed by atoms with Crippen molar-refractivity contribution >= 4 is 47.7 Å². The van der Waals surface area contributed by atoms with E-state index in [0.717, 1.165) is 25.7 Å². The molecule has 0 radical (unpaired) electrons. The lowest BCUT2D eigenvalue weighted by molar-refractivity contribution is -0.212. The zero-order valence-corrected chi connectivity index (χ0v) is 46.0. The Bertz CT molecular complexity index is 1880. The molecule has 9 N–H and O–H groups in total. The number of aldehydes is 1. The third-order valence-electron chi connectivity index (χ3n) is 16.7. The van der Waals surface area contributed by atoms with Crippen LogP contribution in [0.4, 0.5) is 0 Å². The van der Waals surface area contributed by atoms with Crippen LogP contribution < -0.4 is 32.1 Å². The Labute approximate surface area is 452 Å². The molecule has 6 amide bonds. The van der Waals surface area contributed by atoms with Crippen molar-refractivity contribution in [3.63, 3.8) is 0 Å². The van der Waals surface area contributed by atoms with Gasteiger partial charge in [0.15, 0.2) is 6.29 Å². The Balaban J connectivity index is 0.936. The monoisotopic (exact) mass is 1100 g/mol. The molecule has 77 heavy (non-hydrogen) atoms. The Morgan fingerprint density at radius 1 is 0.649 bits per heavy atom. The minimum absolute atomic E-state index is 0.0363. The number of nitrogens with one attached hydrogen (secondary N) is 6. The molecule has 4 saturated carbocycles. The van der Waals surface area contributed by atoms with Gasteiger partial charge in [-0.15, -0.1) is 0 Å². The number of fused-ring (bicyclic) bond motifs is 5. The molecule has 0 spiro atoms. The summed E-state index contributed by atoms with van der Waals surface area (Å²) < 4.78 is 31.6. The molecule has 24 nitrogen and oxygen atoms in total. The van der Waals surface area contributed by atoms with Crippen LogP contribution >= 0.6 is 0 Å². The Kier molecular flexibility index (Phi) is 28.7. The Morgan fingerprint density at radius 2 is 1.27 bits per heavy atom. The van der Waals surface area contributed by atoms with Crippen LogP contribution in [0.3, 0.4) is 0 Å². The second kappa shape index (κ2) is 33.9. The SMILES string of the molecule is COC(CCCNC(=O)CNC(=O)CC[C@@H](C=O)NC(=O)COCCOCCNC(=O)COCCOCCNC(=O)CCC(=O)NO[C@H]1CC[C@@]2(C)[C@@H](C1)C[C@@H](O)[C@H]1C3CC[C@H]([C@H](C)CCC(=O)O)[C@@]3(C)[C@@H](O)C[C@@H]12)OC. The fraction of sp³-hybridized carbons (Fsp3) is 0.849. The van der Waals surface area contributed by atoms with Crippen LogP contribution in [-0.4, -0.2) is 187 Å². The molecule has 4 aliphatic rings. The highest BCUT2D eigenvalue weighted by Gasteiger charge is 2.65. The Morgan fingerprint density at radius 3 is 1.94 bits per heavy atom. The lowest BCUT2D eigenvalue weighted by atomic mass is 9.43. The average Bonchev–Trinajstić information content (AvgIpc) is 3.92. The molecule has 0 aromatic rings. The maximum Gasteiger partial charge on any atom is 0.303 e.